The summed E-state index contributed by atoms with van der Waals surface area (Å²) < 4.78 is 70.7. The number of hydrogen-bond donors (Lipinski definition) is 1. The zero-order valence-corrected chi connectivity index (χ0v) is 14.5. The van der Waals surface area contributed by atoms with E-state index >= 15 is 0 Å². The number of amides is 1. The predicted molar refractivity (Wildman–Crippen MR) is 91.4 cm³/mol. The van der Waals surface area contributed by atoms with Crippen molar-refractivity contribution in [1.82, 2.24) is 5.32 Å². The van der Waals surface area contributed by atoms with Crippen LogP contribution in [0.4, 0.5) is 22.0 Å². The van der Waals surface area contributed by atoms with Gasteiger partial charge in [-0.05, 0) is 54.4 Å². The van der Waals surface area contributed by atoms with E-state index < -0.39 is 29.3 Å². The van der Waals surface area contributed by atoms with Gasteiger partial charge in [0, 0.05) is 12.1 Å². The van der Waals surface area contributed by atoms with Crippen molar-refractivity contribution in [3.63, 3.8) is 0 Å². The number of furan rings is 1. The Labute approximate surface area is 156 Å². The van der Waals surface area contributed by atoms with E-state index in [2.05, 4.69) is 5.32 Å². The van der Waals surface area contributed by atoms with Crippen molar-refractivity contribution >= 4 is 5.91 Å². The normalized spacial score (nSPS) is 11.5. The number of carbonyl (C=O) groups is 1. The van der Waals surface area contributed by atoms with Crippen molar-refractivity contribution in [3.05, 3.63) is 82.6 Å². The molecule has 146 valence electrons. The lowest BCUT2D eigenvalue weighted by atomic mass is 10.1. The Kier molecular flexibility index (Phi) is 5.22. The van der Waals surface area contributed by atoms with Gasteiger partial charge in [0.2, 0.25) is 0 Å². The average molecular weight is 395 g/mol. The summed E-state index contributed by atoms with van der Waals surface area (Å²) >= 11 is 0. The van der Waals surface area contributed by atoms with Crippen molar-refractivity contribution in [2.24, 2.45) is 0 Å². The summed E-state index contributed by atoms with van der Waals surface area (Å²) in [5.74, 6) is -2.57. The summed E-state index contributed by atoms with van der Waals surface area (Å²) in [7, 11) is 0. The van der Waals surface area contributed by atoms with Crippen LogP contribution in [-0.2, 0) is 12.7 Å². The number of hydrogen-bond acceptors (Lipinski definition) is 2. The molecule has 28 heavy (non-hydrogen) atoms. The van der Waals surface area contributed by atoms with E-state index in [0.717, 1.165) is 6.07 Å². The van der Waals surface area contributed by atoms with Crippen LogP contribution in [0.3, 0.4) is 0 Å². The molecule has 1 aromatic heterocycles. The number of alkyl halides is 3. The number of carbonyl (C=O) groups excluding carboxylic acids is 1. The molecular formula is C20H14F5NO2. The lowest BCUT2D eigenvalue weighted by molar-refractivity contribution is -0.139. The van der Waals surface area contributed by atoms with Gasteiger partial charge >= 0.3 is 6.18 Å². The molecule has 0 aliphatic rings. The minimum atomic E-state index is -4.85. The standard InChI is InChI=1S/C20H14F5NO2/c1-11-2-3-12(8-16(11)22)10-26-19(27)18-7-6-17(28-18)13-4-5-15(21)14(9-13)20(23,24)25/h2-9H,10H2,1H3,(H,26,27). The summed E-state index contributed by atoms with van der Waals surface area (Å²) in [6.07, 6.45) is -4.85. The van der Waals surface area contributed by atoms with Gasteiger partial charge in [0.15, 0.2) is 5.76 Å². The molecule has 2 aromatic carbocycles. The molecule has 1 N–H and O–H groups in total. The molecule has 0 unspecified atom stereocenters. The molecule has 0 radical (unpaired) electrons. The molecule has 8 heteroatoms. The van der Waals surface area contributed by atoms with Crippen molar-refractivity contribution in [2.45, 2.75) is 19.6 Å². The van der Waals surface area contributed by atoms with Crippen LogP contribution in [0, 0.1) is 18.6 Å². The van der Waals surface area contributed by atoms with E-state index in [1.54, 1.807) is 19.1 Å². The summed E-state index contributed by atoms with van der Waals surface area (Å²) in [5.41, 5.74) is -0.429. The van der Waals surface area contributed by atoms with Gasteiger partial charge in [0.1, 0.15) is 17.4 Å². The number of nitrogens with one attached hydrogen (secondary N) is 1. The van der Waals surface area contributed by atoms with E-state index in [-0.39, 0.29) is 23.6 Å². The smallest absolute Gasteiger partial charge is 0.419 e. The monoisotopic (exact) mass is 395 g/mol. The first-order valence-electron chi connectivity index (χ1n) is 8.15. The van der Waals surface area contributed by atoms with Crippen LogP contribution < -0.4 is 5.32 Å². The Balaban J connectivity index is 1.74. The molecular weight excluding hydrogens is 381 g/mol. The Morgan fingerprint density at radius 3 is 2.43 bits per heavy atom. The van der Waals surface area contributed by atoms with Crippen molar-refractivity contribution in [1.29, 1.82) is 0 Å². The van der Waals surface area contributed by atoms with Gasteiger partial charge in [-0.25, -0.2) is 8.78 Å². The Hall–Kier alpha value is -3.16. The van der Waals surface area contributed by atoms with Gasteiger partial charge in [-0.2, -0.15) is 13.2 Å². The van der Waals surface area contributed by atoms with Crippen molar-refractivity contribution < 1.29 is 31.2 Å². The van der Waals surface area contributed by atoms with Gasteiger partial charge in [-0.3, -0.25) is 4.79 Å². The molecule has 0 saturated carbocycles. The van der Waals surface area contributed by atoms with E-state index in [4.69, 9.17) is 4.42 Å². The molecule has 1 amide bonds. The summed E-state index contributed by atoms with van der Waals surface area (Å²) in [5, 5.41) is 2.53. The maximum absolute atomic E-state index is 13.5. The molecule has 3 rings (SSSR count). The van der Waals surface area contributed by atoms with Crippen LogP contribution in [0.2, 0.25) is 0 Å². The Morgan fingerprint density at radius 2 is 1.75 bits per heavy atom. The number of benzene rings is 2. The molecule has 3 nitrogen and oxygen atoms in total. The average Bonchev–Trinajstić information content (AvgIpc) is 3.12. The van der Waals surface area contributed by atoms with Gasteiger partial charge in [0.05, 0.1) is 5.56 Å². The minimum Gasteiger partial charge on any atom is -0.451 e. The highest BCUT2D eigenvalue weighted by atomic mass is 19.4. The maximum Gasteiger partial charge on any atom is 0.419 e. The van der Waals surface area contributed by atoms with Crippen molar-refractivity contribution in [3.8, 4) is 11.3 Å². The predicted octanol–water partition coefficient (Wildman–Crippen LogP) is 5.48. The first-order valence-corrected chi connectivity index (χ1v) is 8.15. The SMILES string of the molecule is Cc1ccc(CNC(=O)c2ccc(-c3ccc(F)c(C(F)(F)F)c3)o2)cc1F. The third kappa shape index (κ3) is 4.21. The van der Waals surface area contributed by atoms with E-state index in [9.17, 15) is 26.7 Å². The molecule has 3 aromatic rings. The highest BCUT2D eigenvalue weighted by Crippen LogP contribution is 2.34. The van der Waals surface area contributed by atoms with Crippen LogP contribution in [0.1, 0.15) is 27.2 Å². The second-order valence-electron chi connectivity index (χ2n) is 6.12. The first kappa shape index (κ1) is 19.6. The molecule has 0 saturated heterocycles. The largest absolute Gasteiger partial charge is 0.451 e. The topological polar surface area (TPSA) is 42.2 Å². The fraction of sp³-hybridized carbons (Fsp3) is 0.150. The zero-order valence-electron chi connectivity index (χ0n) is 14.5. The van der Waals surface area contributed by atoms with Gasteiger partial charge in [0.25, 0.3) is 5.91 Å². The fourth-order valence-corrected chi connectivity index (χ4v) is 2.53. The van der Waals surface area contributed by atoms with E-state index in [0.29, 0.717) is 23.3 Å². The number of halogens is 5. The van der Waals surface area contributed by atoms with Crippen LogP contribution in [0.25, 0.3) is 11.3 Å². The van der Waals surface area contributed by atoms with Gasteiger partial charge in [-0.15, -0.1) is 0 Å². The number of aryl methyl sites for hydroxylation is 1. The van der Waals surface area contributed by atoms with Crippen molar-refractivity contribution in [2.75, 3.05) is 0 Å². The molecule has 1 heterocycles. The maximum atomic E-state index is 13.5. The van der Waals surface area contributed by atoms with Gasteiger partial charge < -0.3 is 9.73 Å². The van der Waals surface area contributed by atoms with Crippen LogP contribution in [-0.4, -0.2) is 5.91 Å². The van der Waals surface area contributed by atoms with Crippen LogP contribution >= 0.6 is 0 Å². The second kappa shape index (κ2) is 7.46. The second-order valence-corrected chi connectivity index (χ2v) is 6.12. The van der Waals surface area contributed by atoms with E-state index in [1.807, 2.05) is 0 Å². The Bertz CT molecular complexity index is 1020. The lowest BCUT2D eigenvalue weighted by Crippen LogP contribution is -2.22. The van der Waals surface area contributed by atoms with Gasteiger partial charge in [-0.1, -0.05) is 12.1 Å². The molecule has 0 spiro atoms. The summed E-state index contributed by atoms with van der Waals surface area (Å²) in [6, 6.07) is 9.56. The first-order chi connectivity index (χ1) is 13.1. The molecule has 0 aliphatic carbocycles. The van der Waals surface area contributed by atoms with Crippen LogP contribution in [0.15, 0.2) is 52.9 Å². The fourth-order valence-electron chi connectivity index (χ4n) is 2.53. The highest BCUT2D eigenvalue weighted by Gasteiger charge is 2.34. The van der Waals surface area contributed by atoms with E-state index in [1.165, 1.54) is 18.2 Å². The molecule has 0 fully saturated rings. The minimum absolute atomic E-state index is 0.0166. The summed E-state index contributed by atoms with van der Waals surface area (Å²) in [6.45, 7) is 1.66. The third-order valence-corrected chi connectivity index (χ3v) is 4.08. The lowest BCUT2D eigenvalue weighted by Gasteiger charge is -2.09. The molecule has 0 bridgehead atoms. The summed E-state index contributed by atoms with van der Waals surface area (Å²) in [4.78, 5) is 12.2. The number of rotatable bonds is 4. The third-order valence-electron chi connectivity index (χ3n) is 4.08. The molecule has 0 aliphatic heterocycles. The van der Waals surface area contributed by atoms with Crippen LogP contribution in [0.5, 0.6) is 0 Å². The highest BCUT2D eigenvalue weighted by molar-refractivity contribution is 5.92. The Morgan fingerprint density at radius 1 is 1.00 bits per heavy atom. The zero-order chi connectivity index (χ0) is 20.5. The quantitative estimate of drug-likeness (QED) is 0.595. The molecule has 0 atom stereocenters.